The van der Waals surface area contributed by atoms with Gasteiger partial charge in [-0.1, -0.05) is 0 Å². The van der Waals surface area contributed by atoms with Crippen LogP contribution in [-0.2, 0) is 14.9 Å². The number of aromatic nitrogens is 1. The smallest absolute Gasteiger partial charge is 0.431 e. The van der Waals surface area contributed by atoms with Crippen LogP contribution in [0.25, 0.3) is 0 Å². The summed E-state index contributed by atoms with van der Waals surface area (Å²) in [4.78, 5) is 28.6. The molecule has 1 heterocycles. The lowest BCUT2D eigenvalue weighted by molar-refractivity contribution is -0.133. The molecular formula is C14H18BrN3O3. The first kappa shape index (κ1) is 15.9. The second kappa shape index (κ2) is 5.38. The third kappa shape index (κ3) is 3.41. The van der Waals surface area contributed by atoms with Crippen LogP contribution in [0.3, 0.4) is 0 Å². The summed E-state index contributed by atoms with van der Waals surface area (Å²) in [6.45, 7) is 5.14. The number of hydrogen-bond donors (Lipinski definition) is 1. The van der Waals surface area contributed by atoms with Crippen LogP contribution in [0.5, 0.6) is 0 Å². The lowest BCUT2D eigenvalue weighted by Gasteiger charge is -2.25. The number of hydrazine groups is 1. The minimum atomic E-state index is -0.851. The molecule has 1 aromatic rings. The highest BCUT2D eigenvalue weighted by Crippen LogP contribution is 2.48. The van der Waals surface area contributed by atoms with E-state index in [4.69, 9.17) is 10.6 Å². The van der Waals surface area contributed by atoms with Crippen LogP contribution < -0.4 is 5.84 Å². The van der Waals surface area contributed by atoms with Gasteiger partial charge in [-0.05, 0) is 61.7 Å². The molecule has 6 nitrogen and oxygen atoms in total. The zero-order chi connectivity index (χ0) is 15.8. The summed E-state index contributed by atoms with van der Waals surface area (Å²) >= 11 is 3.30. The van der Waals surface area contributed by atoms with Crippen molar-refractivity contribution in [3.05, 3.63) is 28.5 Å². The molecule has 0 aliphatic heterocycles. The molecule has 1 aromatic heterocycles. The van der Waals surface area contributed by atoms with Crippen LogP contribution in [0.1, 0.15) is 39.3 Å². The highest BCUT2D eigenvalue weighted by atomic mass is 79.9. The van der Waals surface area contributed by atoms with Crippen molar-refractivity contribution in [2.45, 2.75) is 44.6 Å². The van der Waals surface area contributed by atoms with E-state index < -0.39 is 23.0 Å². The molecule has 2 N–H and O–H groups in total. The monoisotopic (exact) mass is 355 g/mol. The van der Waals surface area contributed by atoms with Gasteiger partial charge in [0.05, 0.1) is 11.1 Å². The zero-order valence-corrected chi connectivity index (χ0v) is 13.8. The first-order valence-electron chi connectivity index (χ1n) is 6.60. The molecule has 0 saturated heterocycles. The van der Waals surface area contributed by atoms with E-state index in [-0.39, 0.29) is 0 Å². The predicted octanol–water partition coefficient (Wildman–Crippen LogP) is 2.51. The maximum atomic E-state index is 12.5. The molecule has 7 heteroatoms. The van der Waals surface area contributed by atoms with Gasteiger partial charge in [0, 0.05) is 10.7 Å². The molecule has 0 atom stereocenters. The van der Waals surface area contributed by atoms with Crippen LogP contribution in [-0.4, -0.2) is 27.6 Å². The van der Waals surface area contributed by atoms with Crippen molar-refractivity contribution in [2.24, 2.45) is 5.84 Å². The molecule has 0 aromatic carbocycles. The third-order valence-corrected chi connectivity index (χ3v) is 3.66. The second-order valence-corrected chi connectivity index (χ2v) is 7.01. The van der Waals surface area contributed by atoms with Crippen LogP contribution in [0.2, 0.25) is 0 Å². The fourth-order valence-corrected chi connectivity index (χ4v) is 2.22. The number of rotatable bonds is 2. The Morgan fingerprint density at radius 1 is 1.38 bits per heavy atom. The minimum Gasteiger partial charge on any atom is -0.442 e. The molecule has 1 fully saturated rings. The number of halogens is 1. The molecule has 2 amide bonds. The van der Waals surface area contributed by atoms with Crippen molar-refractivity contribution in [2.75, 3.05) is 0 Å². The highest BCUT2D eigenvalue weighted by molar-refractivity contribution is 9.10. The van der Waals surface area contributed by atoms with Gasteiger partial charge in [-0.2, -0.15) is 5.01 Å². The fraction of sp³-hybridized carbons (Fsp3) is 0.500. The fourth-order valence-electron chi connectivity index (χ4n) is 1.99. The van der Waals surface area contributed by atoms with Crippen LogP contribution in [0.15, 0.2) is 22.8 Å². The molecule has 1 aliphatic rings. The Labute approximate surface area is 131 Å². The highest BCUT2D eigenvalue weighted by Gasteiger charge is 2.55. The summed E-state index contributed by atoms with van der Waals surface area (Å²) in [5, 5.41) is 0.558. The topological polar surface area (TPSA) is 85.5 Å². The maximum absolute atomic E-state index is 12.5. The molecule has 0 spiro atoms. The summed E-state index contributed by atoms with van der Waals surface area (Å²) in [6.07, 6.45) is 2.01. The summed E-state index contributed by atoms with van der Waals surface area (Å²) in [6, 6.07) is 3.57. The molecule has 0 radical (unpaired) electrons. The Hall–Kier alpha value is -1.47. The molecule has 1 saturated carbocycles. The molecule has 0 unspecified atom stereocenters. The van der Waals surface area contributed by atoms with E-state index in [9.17, 15) is 9.59 Å². The Balaban J connectivity index is 2.15. The van der Waals surface area contributed by atoms with Gasteiger partial charge < -0.3 is 4.74 Å². The van der Waals surface area contributed by atoms with Gasteiger partial charge in [0.25, 0.3) is 5.91 Å². The number of amides is 2. The van der Waals surface area contributed by atoms with Crippen molar-refractivity contribution in [1.82, 2.24) is 9.99 Å². The van der Waals surface area contributed by atoms with E-state index >= 15 is 0 Å². The van der Waals surface area contributed by atoms with Gasteiger partial charge in [-0.3, -0.25) is 9.78 Å². The summed E-state index contributed by atoms with van der Waals surface area (Å²) in [5.74, 6) is 5.15. The number of nitrogens with zero attached hydrogens (tertiary/aromatic N) is 2. The van der Waals surface area contributed by atoms with Crippen LogP contribution >= 0.6 is 15.9 Å². The Morgan fingerprint density at radius 3 is 2.43 bits per heavy atom. The standard InChI is InChI=1S/C14H18BrN3O3/c1-13(2,3)21-12(20)18(16)11(19)14(6-7-14)10-5-4-9(15)8-17-10/h4-5,8H,6-7,16H2,1-3H3. The van der Waals surface area contributed by atoms with Crippen LogP contribution in [0.4, 0.5) is 4.79 Å². The van der Waals surface area contributed by atoms with Crippen molar-refractivity contribution >= 4 is 27.9 Å². The van der Waals surface area contributed by atoms with Gasteiger partial charge in [-0.15, -0.1) is 0 Å². The number of carbonyl (C=O) groups excluding carboxylic acids is 2. The summed E-state index contributed by atoms with van der Waals surface area (Å²) in [5.41, 5.74) is -0.886. The third-order valence-electron chi connectivity index (χ3n) is 3.19. The Kier molecular flexibility index (Phi) is 4.08. The molecule has 21 heavy (non-hydrogen) atoms. The van der Waals surface area contributed by atoms with Crippen molar-refractivity contribution in [3.8, 4) is 0 Å². The maximum Gasteiger partial charge on any atom is 0.431 e. The van der Waals surface area contributed by atoms with E-state index in [0.29, 0.717) is 23.5 Å². The van der Waals surface area contributed by atoms with Gasteiger partial charge in [0.15, 0.2) is 0 Å². The van der Waals surface area contributed by atoms with Crippen molar-refractivity contribution in [3.63, 3.8) is 0 Å². The Bertz CT molecular complexity index is 562. The largest absolute Gasteiger partial charge is 0.442 e. The average Bonchev–Trinajstić information content (AvgIpc) is 3.17. The number of pyridine rings is 1. The molecule has 0 bridgehead atoms. The second-order valence-electron chi connectivity index (χ2n) is 6.10. The normalized spacial score (nSPS) is 16.2. The van der Waals surface area contributed by atoms with Crippen molar-refractivity contribution in [1.29, 1.82) is 0 Å². The molecule has 114 valence electrons. The zero-order valence-electron chi connectivity index (χ0n) is 12.2. The predicted molar refractivity (Wildman–Crippen MR) is 80.1 cm³/mol. The number of nitrogens with two attached hydrogens (primary N) is 1. The summed E-state index contributed by atoms with van der Waals surface area (Å²) < 4.78 is 5.94. The molecule has 2 rings (SSSR count). The first-order chi connectivity index (χ1) is 9.66. The van der Waals surface area contributed by atoms with Crippen molar-refractivity contribution < 1.29 is 14.3 Å². The first-order valence-corrected chi connectivity index (χ1v) is 7.39. The number of imide groups is 1. The SMILES string of the molecule is CC(C)(C)OC(=O)N(N)C(=O)C1(c2ccc(Br)cn2)CC1. The van der Waals surface area contributed by atoms with E-state index in [1.165, 1.54) is 0 Å². The van der Waals surface area contributed by atoms with Crippen LogP contribution in [0, 0.1) is 0 Å². The van der Waals surface area contributed by atoms with E-state index in [1.807, 2.05) is 6.07 Å². The summed E-state index contributed by atoms with van der Waals surface area (Å²) in [7, 11) is 0. The number of carbonyl (C=O) groups is 2. The quantitative estimate of drug-likeness (QED) is 0.500. The van der Waals surface area contributed by atoms with Gasteiger partial charge >= 0.3 is 6.09 Å². The van der Waals surface area contributed by atoms with E-state index in [1.54, 1.807) is 33.0 Å². The number of ether oxygens (including phenoxy) is 1. The average molecular weight is 356 g/mol. The lowest BCUT2D eigenvalue weighted by atomic mass is 10.0. The lowest BCUT2D eigenvalue weighted by Crippen LogP contribution is -2.50. The molecule has 1 aliphatic carbocycles. The van der Waals surface area contributed by atoms with Gasteiger partial charge in [0.2, 0.25) is 0 Å². The number of hydrogen-bond acceptors (Lipinski definition) is 5. The van der Waals surface area contributed by atoms with E-state index in [0.717, 1.165) is 4.47 Å². The van der Waals surface area contributed by atoms with Gasteiger partial charge in [-0.25, -0.2) is 10.6 Å². The van der Waals surface area contributed by atoms with E-state index in [2.05, 4.69) is 20.9 Å². The Morgan fingerprint density at radius 2 is 2.00 bits per heavy atom. The van der Waals surface area contributed by atoms with Gasteiger partial charge in [0.1, 0.15) is 5.60 Å². The molecular weight excluding hydrogens is 338 g/mol. The minimum absolute atomic E-state index is 0.480.